The summed E-state index contributed by atoms with van der Waals surface area (Å²) < 4.78 is 0. The predicted molar refractivity (Wildman–Crippen MR) is 51.8 cm³/mol. The zero-order valence-electron chi connectivity index (χ0n) is 8.33. The molecule has 0 saturated carbocycles. The van der Waals surface area contributed by atoms with Crippen LogP contribution in [0.25, 0.3) is 0 Å². The van der Waals surface area contributed by atoms with Crippen molar-refractivity contribution in [2.45, 2.75) is 45.1 Å². The first kappa shape index (κ1) is 10.5. The number of carboxylic acids is 1. The number of hydrogen-bond donors (Lipinski definition) is 1. The molecule has 0 aromatic heterocycles. The van der Waals surface area contributed by atoms with Crippen molar-refractivity contribution >= 4 is 5.97 Å². The standard InChI is InChI=1S/C10H19NO2/c1-2-6-9(10(12)13)11-7-4-3-5-8-11/h9H,2-8H2,1H3,(H,12,13). The second-order valence-corrected chi connectivity index (χ2v) is 3.74. The van der Waals surface area contributed by atoms with Crippen molar-refractivity contribution in [3.05, 3.63) is 0 Å². The number of aliphatic carboxylic acids is 1. The SMILES string of the molecule is CCCC(C(=O)O)N1CCCCC1. The Hall–Kier alpha value is -0.570. The Labute approximate surface area is 79.7 Å². The Morgan fingerprint density at radius 3 is 2.46 bits per heavy atom. The molecule has 0 spiro atoms. The molecule has 1 aliphatic heterocycles. The van der Waals surface area contributed by atoms with Gasteiger partial charge in [0.05, 0.1) is 0 Å². The van der Waals surface area contributed by atoms with E-state index in [1.165, 1.54) is 6.42 Å². The number of likely N-dealkylation sites (tertiary alicyclic amines) is 1. The first-order valence-corrected chi connectivity index (χ1v) is 5.22. The molecule has 1 aliphatic rings. The van der Waals surface area contributed by atoms with Gasteiger partial charge in [0.1, 0.15) is 6.04 Å². The highest BCUT2D eigenvalue weighted by Gasteiger charge is 2.25. The molecule has 1 atom stereocenters. The molecule has 76 valence electrons. The van der Waals surface area contributed by atoms with Crippen molar-refractivity contribution in [2.75, 3.05) is 13.1 Å². The summed E-state index contributed by atoms with van der Waals surface area (Å²) in [4.78, 5) is 13.1. The fourth-order valence-corrected chi connectivity index (χ4v) is 1.97. The van der Waals surface area contributed by atoms with Crippen LogP contribution in [0.5, 0.6) is 0 Å². The van der Waals surface area contributed by atoms with E-state index in [4.69, 9.17) is 5.11 Å². The molecule has 0 amide bonds. The van der Waals surface area contributed by atoms with Gasteiger partial charge in [-0.3, -0.25) is 9.69 Å². The van der Waals surface area contributed by atoms with E-state index in [1.54, 1.807) is 0 Å². The van der Waals surface area contributed by atoms with Crippen LogP contribution >= 0.6 is 0 Å². The highest BCUT2D eigenvalue weighted by Crippen LogP contribution is 2.15. The molecule has 1 unspecified atom stereocenters. The van der Waals surface area contributed by atoms with Gasteiger partial charge < -0.3 is 5.11 Å². The Bertz CT molecular complexity index is 164. The molecule has 3 heteroatoms. The normalized spacial score (nSPS) is 21.3. The molecular formula is C10H19NO2. The molecule has 0 aliphatic carbocycles. The molecule has 13 heavy (non-hydrogen) atoms. The molecule has 3 nitrogen and oxygen atoms in total. The Kier molecular flexibility index (Phi) is 4.22. The van der Waals surface area contributed by atoms with Gasteiger partial charge in [-0.15, -0.1) is 0 Å². The van der Waals surface area contributed by atoms with Gasteiger partial charge in [0.25, 0.3) is 0 Å². The molecule has 1 fully saturated rings. The minimum absolute atomic E-state index is 0.231. The van der Waals surface area contributed by atoms with E-state index in [9.17, 15) is 4.79 Å². The van der Waals surface area contributed by atoms with Gasteiger partial charge in [0, 0.05) is 0 Å². The van der Waals surface area contributed by atoms with Crippen molar-refractivity contribution in [3.63, 3.8) is 0 Å². The van der Waals surface area contributed by atoms with Crippen molar-refractivity contribution < 1.29 is 9.90 Å². The maximum Gasteiger partial charge on any atom is 0.320 e. The summed E-state index contributed by atoms with van der Waals surface area (Å²) in [6.45, 7) is 3.98. The number of nitrogens with zero attached hydrogens (tertiary/aromatic N) is 1. The summed E-state index contributed by atoms with van der Waals surface area (Å²) in [5.74, 6) is -0.649. The molecule has 0 aromatic rings. The molecule has 1 saturated heterocycles. The molecule has 1 heterocycles. The highest BCUT2D eigenvalue weighted by atomic mass is 16.4. The molecule has 0 radical (unpaired) electrons. The molecule has 0 aromatic carbocycles. The van der Waals surface area contributed by atoms with Gasteiger partial charge in [-0.2, -0.15) is 0 Å². The zero-order valence-corrected chi connectivity index (χ0v) is 8.33. The third-order valence-corrected chi connectivity index (χ3v) is 2.68. The lowest BCUT2D eigenvalue weighted by Gasteiger charge is -2.31. The van der Waals surface area contributed by atoms with E-state index in [0.717, 1.165) is 38.8 Å². The quantitative estimate of drug-likeness (QED) is 0.725. The largest absolute Gasteiger partial charge is 0.480 e. The van der Waals surface area contributed by atoms with E-state index >= 15 is 0 Å². The van der Waals surface area contributed by atoms with Crippen LogP contribution in [-0.4, -0.2) is 35.1 Å². The van der Waals surface area contributed by atoms with Gasteiger partial charge >= 0.3 is 5.97 Å². The van der Waals surface area contributed by atoms with Crippen LogP contribution in [0.15, 0.2) is 0 Å². The van der Waals surface area contributed by atoms with Crippen LogP contribution in [0.4, 0.5) is 0 Å². The zero-order chi connectivity index (χ0) is 9.68. The van der Waals surface area contributed by atoms with Crippen LogP contribution in [0, 0.1) is 0 Å². The Morgan fingerprint density at radius 1 is 1.38 bits per heavy atom. The summed E-state index contributed by atoms with van der Waals surface area (Å²) in [5, 5.41) is 9.01. The molecular weight excluding hydrogens is 166 g/mol. The molecule has 1 N–H and O–H groups in total. The Balaban J connectivity index is 2.46. The van der Waals surface area contributed by atoms with E-state index in [-0.39, 0.29) is 6.04 Å². The highest BCUT2D eigenvalue weighted by molar-refractivity contribution is 5.73. The van der Waals surface area contributed by atoms with Gasteiger partial charge in [-0.1, -0.05) is 19.8 Å². The van der Waals surface area contributed by atoms with Crippen LogP contribution < -0.4 is 0 Å². The van der Waals surface area contributed by atoms with Crippen molar-refractivity contribution in [1.29, 1.82) is 0 Å². The smallest absolute Gasteiger partial charge is 0.320 e. The first-order valence-electron chi connectivity index (χ1n) is 5.22. The van der Waals surface area contributed by atoms with E-state index < -0.39 is 5.97 Å². The maximum absolute atomic E-state index is 10.9. The summed E-state index contributed by atoms with van der Waals surface area (Å²) in [6.07, 6.45) is 5.32. The van der Waals surface area contributed by atoms with E-state index in [1.807, 2.05) is 6.92 Å². The number of piperidine rings is 1. The predicted octanol–water partition coefficient (Wildman–Crippen LogP) is 1.73. The summed E-state index contributed by atoms with van der Waals surface area (Å²) >= 11 is 0. The lowest BCUT2D eigenvalue weighted by atomic mass is 10.1. The fourth-order valence-electron chi connectivity index (χ4n) is 1.97. The lowest BCUT2D eigenvalue weighted by molar-refractivity contribution is -0.144. The van der Waals surface area contributed by atoms with Crippen molar-refractivity contribution in [2.24, 2.45) is 0 Å². The van der Waals surface area contributed by atoms with Gasteiger partial charge in [-0.25, -0.2) is 0 Å². The van der Waals surface area contributed by atoms with Gasteiger partial charge in [-0.05, 0) is 32.4 Å². The lowest BCUT2D eigenvalue weighted by Crippen LogP contribution is -2.43. The van der Waals surface area contributed by atoms with Gasteiger partial charge in [0.15, 0.2) is 0 Å². The monoisotopic (exact) mass is 185 g/mol. The molecule has 0 bridgehead atoms. The van der Waals surface area contributed by atoms with Crippen LogP contribution in [-0.2, 0) is 4.79 Å². The third-order valence-electron chi connectivity index (χ3n) is 2.68. The summed E-state index contributed by atoms with van der Waals surface area (Å²) in [6, 6.07) is -0.231. The van der Waals surface area contributed by atoms with Crippen LogP contribution in [0.2, 0.25) is 0 Å². The second-order valence-electron chi connectivity index (χ2n) is 3.74. The van der Waals surface area contributed by atoms with E-state index in [2.05, 4.69) is 4.90 Å². The minimum atomic E-state index is -0.649. The van der Waals surface area contributed by atoms with Crippen molar-refractivity contribution in [1.82, 2.24) is 4.90 Å². The maximum atomic E-state index is 10.9. The Morgan fingerprint density at radius 2 is 2.00 bits per heavy atom. The van der Waals surface area contributed by atoms with Crippen LogP contribution in [0.3, 0.4) is 0 Å². The first-order chi connectivity index (χ1) is 6.25. The minimum Gasteiger partial charge on any atom is -0.480 e. The fraction of sp³-hybridized carbons (Fsp3) is 0.900. The number of hydrogen-bond acceptors (Lipinski definition) is 2. The van der Waals surface area contributed by atoms with Crippen LogP contribution in [0.1, 0.15) is 39.0 Å². The van der Waals surface area contributed by atoms with E-state index in [0.29, 0.717) is 0 Å². The second kappa shape index (κ2) is 5.22. The van der Waals surface area contributed by atoms with Gasteiger partial charge in [0.2, 0.25) is 0 Å². The topological polar surface area (TPSA) is 40.5 Å². The average molecular weight is 185 g/mol. The number of carbonyl (C=O) groups is 1. The third kappa shape index (κ3) is 2.99. The summed E-state index contributed by atoms with van der Waals surface area (Å²) in [5.41, 5.74) is 0. The van der Waals surface area contributed by atoms with Crippen molar-refractivity contribution in [3.8, 4) is 0 Å². The number of rotatable bonds is 4. The molecule has 1 rings (SSSR count). The summed E-state index contributed by atoms with van der Waals surface area (Å²) in [7, 11) is 0. The average Bonchev–Trinajstić information content (AvgIpc) is 2.15. The number of carboxylic acid groups (broad SMARTS) is 1.